The largest absolute Gasteiger partial charge is 0.393 e. The summed E-state index contributed by atoms with van der Waals surface area (Å²) < 4.78 is 0. The van der Waals surface area contributed by atoms with E-state index in [4.69, 9.17) is 5.11 Å². The van der Waals surface area contributed by atoms with Crippen LogP contribution in [0.1, 0.15) is 12.8 Å². The molecule has 1 aliphatic heterocycles. The number of aliphatic hydroxyl groups is 2. The van der Waals surface area contributed by atoms with Crippen LogP contribution in [0.4, 0.5) is 0 Å². The molecule has 0 bridgehead atoms. The Labute approximate surface area is 85.7 Å². The normalized spacial score (nSPS) is 21.6. The van der Waals surface area contributed by atoms with Crippen molar-refractivity contribution in [3.8, 4) is 0 Å². The minimum atomic E-state index is -0.969. The van der Waals surface area contributed by atoms with Crippen molar-refractivity contribution in [2.24, 2.45) is 0 Å². The van der Waals surface area contributed by atoms with E-state index < -0.39 is 5.60 Å². The van der Waals surface area contributed by atoms with Gasteiger partial charge in [-0.05, 0) is 12.8 Å². The fraction of sp³-hybridized carbons (Fsp3) is 0.875. The predicted octanol–water partition coefficient (Wildman–Crippen LogP) is -0.273. The fourth-order valence-electron chi connectivity index (χ4n) is 1.41. The molecule has 0 aliphatic carbocycles. The molecule has 5 heteroatoms. The number of piperidine rings is 1. The van der Waals surface area contributed by atoms with Gasteiger partial charge in [0.05, 0.1) is 17.5 Å². The minimum absolute atomic E-state index is 0.0417. The molecule has 0 radical (unpaired) electrons. The number of rotatable bonds is 2. The van der Waals surface area contributed by atoms with E-state index in [0.29, 0.717) is 31.3 Å². The summed E-state index contributed by atoms with van der Waals surface area (Å²) >= 11 is 3.09. The first-order valence-electron chi connectivity index (χ1n) is 4.28. The molecule has 0 saturated carbocycles. The number of hydrogen-bond donors (Lipinski definition) is 2. The third kappa shape index (κ3) is 2.65. The molecule has 0 atom stereocenters. The number of halogens is 1. The van der Waals surface area contributed by atoms with Crippen molar-refractivity contribution in [1.29, 1.82) is 0 Å². The van der Waals surface area contributed by atoms with Crippen molar-refractivity contribution in [3.05, 3.63) is 0 Å². The Kier molecular flexibility index (Phi) is 3.70. The van der Waals surface area contributed by atoms with Gasteiger partial charge in [0.15, 0.2) is 0 Å². The van der Waals surface area contributed by atoms with E-state index in [9.17, 15) is 9.90 Å². The first kappa shape index (κ1) is 10.9. The second-order valence-electron chi connectivity index (χ2n) is 3.40. The van der Waals surface area contributed by atoms with Gasteiger partial charge < -0.3 is 15.1 Å². The van der Waals surface area contributed by atoms with E-state index >= 15 is 0 Å². The third-order valence-corrected chi connectivity index (χ3v) is 2.94. The van der Waals surface area contributed by atoms with E-state index in [2.05, 4.69) is 15.9 Å². The van der Waals surface area contributed by atoms with Crippen molar-refractivity contribution in [2.75, 3.05) is 25.0 Å². The zero-order chi connectivity index (χ0) is 9.90. The Morgan fingerprint density at radius 3 is 2.38 bits per heavy atom. The molecule has 13 heavy (non-hydrogen) atoms. The molecule has 1 fully saturated rings. The lowest BCUT2D eigenvalue weighted by atomic mass is 9.92. The van der Waals surface area contributed by atoms with Gasteiger partial charge in [-0.3, -0.25) is 4.79 Å². The zero-order valence-corrected chi connectivity index (χ0v) is 8.96. The fourth-order valence-corrected chi connectivity index (χ4v) is 1.77. The Hall–Kier alpha value is -0.130. The average molecular weight is 252 g/mol. The summed E-state index contributed by atoms with van der Waals surface area (Å²) in [6.45, 7) is 0.840. The lowest BCUT2D eigenvalue weighted by Gasteiger charge is -2.36. The van der Waals surface area contributed by atoms with Crippen molar-refractivity contribution >= 4 is 21.8 Å². The van der Waals surface area contributed by atoms with Gasteiger partial charge in [0, 0.05) is 13.1 Å². The number of amides is 1. The Balaban J connectivity index is 2.43. The summed E-state index contributed by atoms with van der Waals surface area (Å²) in [5.41, 5.74) is -0.969. The van der Waals surface area contributed by atoms with Gasteiger partial charge >= 0.3 is 0 Å². The van der Waals surface area contributed by atoms with E-state index in [0.717, 1.165) is 0 Å². The van der Waals surface area contributed by atoms with Gasteiger partial charge in [0.1, 0.15) is 0 Å². The third-order valence-electron chi connectivity index (χ3n) is 2.46. The van der Waals surface area contributed by atoms with Gasteiger partial charge in [-0.2, -0.15) is 0 Å². The number of carbonyl (C=O) groups excluding carboxylic acids is 1. The number of likely N-dealkylation sites (tertiary alicyclic amines) is 1. The number of nitrogens with zero attached hydrogens (tertiary/aromatic N) is 1. The maximum Gasteiger partial charge on any atom is 0.233 e. The molecule has 4 nitrogen and oxygen atoms in total. The molecule has 1 amide bonds. The average Bonchev–Trinajstić information content (AvgIpc) is 2.18. The van der Waals surface area contributed by atoms with Crippen LogP contribution in [0.5, 0.6) is 0 Å². The minimum Gasteiger partial charge on any atom is -0.393 e. The van der Waals surface area contributed by atoms with Gasteiger partial charge in [0.2, 0.25) is 5.91 Å². The van der Waals surface area contributed by atoms with Crippen molar-refractivity contribution < 1.29 is 15.0 Å². The quantitative estimate of drug-likeness (QED) is 0.665. The molecule has 0 aromatic carbocycles. The molecule has 0 unspecified atom stereocenters. The van der Waals surface area contributed by atoms with Crippen LogP contribution in [0.2, 0.25) is 0 Å². The number of alkyl halides is 1. The number of hydrogen-bond acceptors (Lipinski definition) is 3. The summed E-state index contributed by atoms with van der Waals surface area (Å²) in [4.78, 5) is 12.9. The first-order chi connectivity index (χ1) is 6.11. The molecule has 0 spiro atoms. The van der Waals surface area contributed by atoms with Crippen LogP contribution in [-0.4, -0.2) is 51.6 Å². The van der Waals surface area contributed by atoms with E-state index in [1.54, 1.807) is 4.90 Å². The standard InChI is InChI=1S/C8H14BrNO3/c9-5-7(12)10-3-1-8(13,6-11)2-4-10/h11,13H,1-6H2. The topological polar surface area (TPSA) is 60.8 Å². The molecular weight excluding hydrogens is 238 g/mol. The molecule has 2 N–H and O–H groups in total. The van der Waals surface area contributed by atoms with Crippen LogP contribution in [-0.2, 0) is 4.79 Å². The molecule has 76 valence electrons. The number of aliphatic hydroxyl groups excluding tert-OH is 1. The van der Waals surface area contributed by atoms with E-state index in [-0.39, 0.29) is 12.5 Å². The highest BCUT2D eigenvalue weighted by molar-refractivity contribution is 9.09. The summed E-state index contributed by atoms with van der Waals surface area (Å²) in [7, 11) is 0. The maximum absolute atomic E-state index is 11.2. The lowest BCUT2D eigenvalue weighted by molar-refractivity contribution is -0.134. The van der Waals surface area contributed by atoms with Crippen molar-refractivity contribution in [2.45, 2.75) is 18.4 Å². The summed E-state index contributed by atoms with van der Waals surface area (Å²) in [6, 6.07) is 0. The smallest absolute Gasteiger partial charge is 0.233 e. The first-order valence-corrected chi connectivity index (χ1v) is 5.40. The predicted molar refractivity (Wildman–Crippen MR) is 51.6 cm³/mol. The van der Waals surface area contributed by atoms with Gasteiger partial charge in [-0.15, -0.1) is 0 Å². The van der Waals surface area contributed by atoms with Crippen LogP contribution < -0.4 is 0 Å². The van der Waals surface area contributed by atoms with Crippen molar-refractivity contribution in [1.82, 2.24) is 4.90 Å². The van der Waals surface area contributed by atoms with Crippen LogP contribution >= 0.6 is 15.9 Å². The highest BCUT2D eigenvalue weighted by Crippen LogP contribution is 2.21. The van der Waals surface area contributed by atoms with Crippen LogP contribution in [0.25, 0.3) is 0 Å². The monoisotopic (exact) mass is 251 g/mol. The van der Waals surface area contributed by atoms with E-state index in [1.807, 2.05) is 0 Å². The molecular formula is C8H14BrNO3. The molecule has 0 aromatic rings. The lowest BCUT2D eigenvalue weighted by Crippen LogP contribution is -2.48. The highest BCUT2D eigenvalue weighted by atomic mass is 79.9. The van der Waals surface area contributed by atoms with Crippen molar-refractivity contribution in [3.63, 3.8) is 0 Å². The second-order valence-corrected chi connectivity index (χ2v) is 3.96. The van der Waals surface area contributed by atoms with Crippen LogP contribution in [0.3, 0.4) is 0 Å². The second kappa shape index (κ2) is 4.39. The Bertz CT molecular complexity index is 190. The molecule has 1 heterocycles. The highest BCUT2D eigenvalue weighted by Gasteiger charge is 2.32. The Morgan fingerprint density at radius 1 is 1.46 bits per heavy atom. The van der Waals surface area contributed by atoms with Gasteiger partial charge in [-0.25, -0.2) is 0 Å². The molecule has 1 aliphatic rings. The van der Waals surface area contributed by atoms with E-state index in [1.165, 1.54) is 0 Å². The van der Waals surface area contributed by atoms with Crippen LogP contribution in [0, 0.1) is 0 Å². The SMILES string of the molecule is O=C(CBr)N1CCC(O)(CO)CC1. The van der Waals surface area contributed by atoms with Gasteiger partial charge in [-0.1, -0.05) is 15.9 Å². The maximum atomic E-state index is 11.2. The van der Waals surface area contributed by atoms with Crippen LogP contribution in [0.15, 0.2) is 0 Å². The molecule has 1 saturated heterocycles. The van der Waals surface area contributed by atoms with Gasteiger partial charge in [0.25, 0.3) is 0 Å². The summed E-state index contributed by atoms with van der Waals surface area (Å²) in [6.07, 6.45) is 0.921. The summed E-state index contributed by atoms with van der Waals surface area (Å²) in [5.74, 6) is 0.0417. The molecule has 0 aromatic heterocycles. The Morgan fingerprint density at radius 2 is 2.00 bits per heavy atom. The summed E-state index contributed by atoms with van der Waals surface area (Å²) in [5, 5.41) is 18.8. The number of carbonyl (C=O) groups is 1. The zero-order valence-electron chi connectivity index (χ0n) is 7.37. The molecule has 1 rings (SSSR count).